The predicted octanol–water partition coefficient (Wildman–Crippen LogP) is 10.2. The molecule has 0 N–H and O–H groups in total. The quantitative estimate of drug-likeness (QED) is 0.176. The van der Waals surface area contributed by atoms with Gasteiger partial charge in [-0.1, -0.05) is 146 Å². The maximum Gasteiger partial charge on any atom is 0.299 e. The third-order valence-corrected chi connectivity index (χ3v) is 8.92. The topological polar surface area (TPSA) is 77.3 Å². The lowest BCUT2D eigenvalue weighted by Crippen LogP contribution is -2.11. The van der Waals surface area contributed by atoms with Gasteiger partial charge in [0.15, 0.2) is 34.9 Å². The van der Waals surface area contributed by atoms with Gasteiger partial charge in [-0.2, -0.15) is 8.78 Å². The Morgan fingerprint density at radius 3 is 0.824 bits per heavy atom. The second kappa shape index (κ2) is 12.3. The summed E-state index contributed by atoms with van der Waals surface area (Å²) in [4.78, 5) is 28.5. The first-order valence-electron chi connectivity index (χ1n) is 16.4. The van der Waals surface area contributed by atoms with Crippen molar-refractivity contribution in [1.29, 1.82) is 0 Å². The van der Waals surface area contributed by atoms with Gasteiger partial charge in [0, 0.05) is 44.5 Å². The summed E-state index contributed by atoms with van der Waals surface area (Å²) in [6, 6.07) is 48.3. The Kier molecular flexibility index (Phi) is 7.28. The zero-order chi connectivity index (χ0) is 34.4. The minimum atomic E-state index is -3.30. The van der Waals surface area contributed by atoms with Crippen LogP contribution in [-0.2, 0) is 5.92 Å². The van der Waals surface area contributed by atoms with Crippen molar-refractivity contribution in [1.82, 2.24) is 29.9 Å². The molecule has 0 bridgehead atoms. The maximum atomic E-state index is 16.6. The highest BCUT2D eigenvalue weighted by atomic mass is 19.3. The van der Waals surface area contributed by atoms with Gasteiger partial charge in [-0.15, -0.1) is 0 Å². The van der Waals surface area contributed by atoms with Crippen LogP contribution in [0.5, 0.6) is 0 Å². The van der Waals surface area contributed by atoms with E-state index in [9.17, 15) is 0 Å². The average Bonchev–Trinajstić information content (AvgIpc) is 3.43. The number of hydrogen-bond acceptors (Lipinski definition) is 6. The van der Waals surface area contributed by atoms with Gasteiger partial charge in [0.05, 0.1) is 0 Å². The molecule has 51 heavy (non-hydrogen) atoms. The maximum absolute atomic E-state index is 16.6. The highest BCUT2D eigenvalue weighted by molar-refractivity contribution is 5.84. The molecule has 1 aliphatic carbocycles. The summed E-state index contributed by atoms with van der Waals surface area (Å²) in [5.74, 6) is -0.840. The first-order chi connectivity index (χ1) is 25.0. The normalized spacial score (nSPS) is 12.7. The highest BCUT2D eigenvalue weighted by Gasteiger charge is 2.45. The molecule has 8 aromatic rings. The van der Waals surface area contributed by atoms with Crippen LogP contribution in [0, 0.1) is 0 Å². The van der Waals surface area contributed by atoms with Gasteiger partial charge < -0.3 is 0 Å². The molecule has 6 aromatic carbocycles. The number of alkyl halides is 2. The number of fused-ring (bicyclic) bond motifs is 3. The number of rotatable bonds is 6. The van der Waals surface area contributed by atoms with Crippen LogP contribution in [0.2, 0.25) is 0 Å². The van der Waals surface area contributed by atoms with Crippen LogP contribution in [0.25, 0.3) is 79.5 Å². The van der Waals surface area contributed by atoms with Gasteiger partial charge in [-0.25, -0.2) is 29.9 Å². The molecule has 8 heteroatoms. The van der Waals surface area contributed by atoms with Crippen molar-refractivity contribution < 1.29 is 8.78 Å². The van der Waals surface area contributed by atoms with E-state index in [0.717, 1.165) is 22.3 Å². The van der Waals surface area contributed by atoms with Gasteiger partial charge in [0.1, 0.15) is 0 Å². The van der Waals surface area contributed by atoms with Gasteiger partial charge in [-0.3, -0.25) is 0 Å². The fourth-order valence-corrected chi connectivity index (χ4v) is 6.38. The second-order valence-electron chi connectivity index (χ2n) is 12.2. The molecule has 0 radical (unpaired) electrons. The van der Waals surface area contributed by atoms with E-state index >= 15 is 8.78 Å². The fourth-order valence-electron chi connectivity index (χ4n) is 6.38. The fraction of sp³-hybridized carbons (Fsp3) is 0.0233. The van der Waals surface area contributed by atoms with E-state index in [1.165, 1.54) is 12.1 Å². The number of hydrogen-bond donors (Lipinski definition) is 0. The molecule has 0 amide bonds. The summed E-state index contributed by atoms with van der Waals surface area (Å²) >= 11 is 0. The number of benzene rings is 6. The van der Waals surface area contributed by atoms with Crippen LogP contribution in [0.15, 0.2) is 158 Å². The summed E-state index contributed by atoms with van der Waals surface area (Å²) < 4.78 is 33.2. The van der Waals surface area contributed by atoms with Crippen molar-refractivity contribution in [2.75, 3.05) is 0 Å². The van der Waals surface area contributed by atoms with Crippen molar-refractivity contribution in [3.8, 4) is 79.5 Å². The Labute approximate surface area is 292 Å². The van der Waals surface area contributed by atoms with Gasteiger partial charge >= 0.3 is 0 Å². The molecule has 2 heterocycles. The van der Waals surface area contributed by atoms with Gasteiger partial charge in [0.25, 0.3) is 5.92 Å². The Balaban J connectivity index is 1.14. The predicted molar refractivity (Wildman–Crippen MR) is 194 cm³/mol. The molecule has 0 spiro atoms. The standard InChI is InChI=1S/C43H26F2N6/c44-43(45)35-25-31(41-48-37(27-13-5-1-6-14-27)46-38(49-41)28-15-7-2-8-16-28)21-23-33(35)34-24-22-32(26-36(34)43)42-50-39(29-17-9-3-10-18-29)47-40(51-42)30-19-11-4-12-20-30/h1-26H. The van der Waals surface area contributed by atoms with E-state index in [-0.39, 0.29) is 11.1 Å². The molecule has 0 atom stereocenters. The largest absolute Gasteiger partial charge is 0.299 e. The van der Waals surface area contributed by atoms with E-state index in [0.29, 0.717) is 57.2 Å². The Bertz CT molecular complexity index is 2250. The minimum Gasteiger partial charge on any atom is -0.208 e. The third-order valence-electron chi connectivity index (χ3n) is 8.92. The first kappa shape index (κ1) is 30.3. The molecule has 0 unspecified atom stereocenters. The van der Waals surface area contributed by atoms with Crippen LogP contribution in [0.1, 0.15) is 11.1 Å². The van der Waals surface area contributed by atoms with Gasteiger partial charge in [-0.05, 0) is 23.3 Å². The van der Waals surface area contributed by atoms with E-state index in [1.54, 1.807) is 24.3 Å². The minimum absolute atomic E-state index is 0.110. The highest BCUT2D eigenvalue weighted by Crippen LogP contribution is 2.52. The van der Waals surface area contributed by atoms with Crippen molar-refractivity contribution in [2.45, 2.75) is 5.92 Å². The average molecular weight is 665 g/mol. The second-order valence-corrected chi connectivity index (χ2v) is 12.2. The Morgan fingerprint density at radius 1 is 0.294 bits per heavy atom. The van der Waals surface area contributed by atoms with E-state index < -0.39 is 5.92 Å². The Morgan fingerprint density at radius 2 is 0.549 bits per heavy atom. The lowest BCUT2D eigenvalue weighted by atomic mass is 10.0. The van der Waals surface area contributed by atoms with E-state index in [1.807, 2.05) is 121 Å². The molecule has 0 saturated carbocycles. The number of nitrogens with zero attached hydrogens (tertiary/aromatic N) is 6. The molecule has 0 fully saturated rings. The molecule has 2 aromatic heterocycles. The smallest absolute Gasteiger partial charge is 0.208 e. The first-order valence-corrected chi connectivity index (χ1v) is 16.4. The zero-order valence-electron chi connectivity index (χ0n) is 27.0. The molecule has 0 saturated heterocycles. The van der Waals surface area contributed by atoms with Crippen LogP contribution in [-0.4, -0.2) is 29.9 Å². The van der Waals surface area contributed by atoms with Crippen LogP contribution in [0.4, 0.5) is 8.78 Å². The van der Waals surface area contributed by atoms with Crippen LogP contribution < -0.4 is 0 Å². The van der Waals surface area contributed by atoms with Crippen LogP contribution in [0.3, 0.4) is 0 Å². The van der Waals surface area contributed by atoms with E-state index in [2.05, 4.69) is 0 Å². The zero-order valence-corrected chi connectivity index (χ0v) is 27.0. The van der Waals surface area contributed by atoms with E-state index in [4.69, 9.17) is 29.9 Å². The van der Waals surface area contributed by atoms with Crippen LogP contribution >= 0.6 is 0 Å². The molecule has 1 aliphatic rings. The summed E-state index contributed by atoms with van der Waals surface area (Å²) in [6.45, 7) is 0. The Hall–Kier alpha value is -6.80. The van der Waals surface area contributed by atoms with Gasteiger partial charge in [0.2, 0.25) is 0 Å². The molecule has 242 valence electrons. The molecule has 9 rings (SSSR count). The lowest BCUT2D eigenvalue weighted by molar-refractivity contribution is 0.0481. The monoisotopic (exact) mass is 664 g/mol. The molecular weight excluding hydrogens is 639 g/mol. The summed E-state index contributed by atoms with van der Waals surface area (Å²) in [7, 11) is 0. The summed E-state index contributed by atoms with van der Waals surface area (Å²) in [5.41, 5.74) is 4.83. The summed E-state index contributed by atoms with van der Waals surface area (Å²) in [6.07, 6.45) is 0. The number of halogens is 2. The van der Waals surface area contributed by atoms with Crippen molar-refractivity contribution in [3.63, 3.8) is 0 Å². The number of aromatic nitrogens is 6. The van der Waals surface area contributed by atoms with Crippen molar-refractivity contribution in [2.24, 2.45) is 0 Å². The van der Waals surface area contributed by atoms with Crippen molar-refractivity contribution >= 4 is 0 Å². The third kappa shape index (κ3) is 5.53. The van der Waals surface area contributed by atoms with Crippen molar-refractivity contribution in [3.05, 3.63) is 169 Å². The molecule has 0 aliphatic heterocycles. The SMILES string of the molecule is FC1(F)c2cc(-c3nc(-c4ccccc4)nc(-c4ccccc4)n3)ccc2-c2ccc(-c3nc(-c4ccccc4)nc(-c4ccccc4)n3)cc21. The lowest BCUT2D eigenvalue weighted by Gasteiger charge is -2.14. The summed E-state index contributed by atoms with van der Waals surface area (Å²) in [5, 5.41) is 0. The molecular formula is C43H26F2N6. The molecule has 6 nitrogen and oxygen atoms in total.